The van der Waals surface area contributed by atoms with E-state index in [0.29, 0.717) is 18.2 Å². The van der Waals surface area contributed by atoms with Gasteiger partial charge in [-0.3, -0.25) is 9.80 Å². The highest BCUT2D eigenvalue weighted by atomic mass is 16.5. The molecule has 0 bridgehead atoms. The second-order valence-corrected chi connectivity index (χ2v) is 7.14. The standard InChI is InChI=1S/C19H28N2O2/c1-2-6-16(7-3-1)12-21-9-11-23-19-15-20(14-18(19)21)13-17-8-4-5-10-22-17/h1-3,6-7,17-19H,4-5,8-15H2/t17-,18-,19+/m0/s1. The number of hydrogen-bond donors (Lipinski definition) is 0. The fourth-order valence-electron chi connectivity index (χ4n) is 4.24. The van der Waals surface area contributed by atoms with E-state index in [9.17, 15) is 0 Å². The van der Waals surface area contributed by atoms with Gasteiger partial charge in [0.15, 0.2) is 0 Å². The van der Waals surface area contributed by atoms with Crippen molar-refractivity contribution in [3.8, 4) is 0 Å². The molecule has 0 unspecified atom stereocenters. The average molecular weight is 316 g/mol. The van der Waals surface area contributed by atoms with Gasteiger partial charge in [-0.1, -0.05) is 30.3 Å². The third-order valence-electron chi connectivity index (χ3n) is 5.46. The molecule has 3 saturated heterocycles. The lowest BCUT2D eigenvalue weighted by molar-refractivity contribution is -0.0508. The molecule has 3 aliphatic heterocycles. The number of fused-ring (bicyclic) bond motifs is 1. The van der Waals surface area contributed by atoms with Crippen molar-refractivity contribution in [2.24, 2.45) is 0 Å². The number of hydrogen-bond acceptors (Lipinski definition) is 4. The molecule has 3 atom stereocenters. The molecule has 4 nitrogen and oxygen atoms in total. The second kappa shape index (κ2) is 7.31. The van der Waals surface area contributed by atoms with Gasteiger partial charge in [0.25, 0.3) is 0 Å². The van der Waals surface area contributed by atoms with Crippen LogP contribution in [0.25, 0.3) is 0 Å². The van der Waals surface area contributed by atoms with Gasteiger partial charge in [0.05, 0.1) is 24.9 Å². The summed E-state index contributed by atoms with van der Waals surface area (Å²) in [7, 11) is 0. The normalized spacial score (nSPS) is 32.8. The predicted molar refractivity (Wildman–Crippen MR) is 90.4 cm³/mol. The van der Waals surface area contributed by atoms with Crippen LogP contribution in [0.1, 0.15) is 24.8 Å². The molecule has 0 amide bonds. The minimum Gasteiger partial charge on any atom is -0.377 e. The molecule has 3 heterocycles. The number of likely N-dealkylation sites (tertiary alicyclic amines) is 1. The Morgan fingerprint density at radius 2 is 1.91 bits per heavy atom. The first-order valence-electron chi connectivity index (χ1n) is 9.12. The summed E-state index contributed by atoms with van der Waals surface area (Å²) in [5, 5.41) is 0. The van der Waals surface area contributed by atoms with E-state index in [1.807, 2.05) is 0 Å². The molecule has 0 radical (unpaired) electrons. The topological polar surface area (TPSA) is 24.9 Å². The van der Waals surface area contributed by atoms with Crippen LogP contribution in [0.4, 0.5) is 0 Å². The highest BCUT2D eigenvalue weighted by Gasteiger charge is 2.40. The Kier molecular flexibility index (Phi) is 4.95. The smallest absolute Gasteiger partial charge is 0.0870 e. The fourth-order valence-corrected chi connectivity index (χ4v) is 4.24. The molecule has 3 fully saturated rings. The van der Waals surface area contributed by atoms with Gasteiger partial charge in [0.1, 0.15) is 0 Å². The quantitative estimate of drug-likeness (QED) is 0.850. The first kappa shape index (κ1) is 15.6. The minimum atomic E-state index is 0.371. The molecule has 0 aliphatic carbocycles. The molecule has 1 aromatic carbocycles. The number of morpholine rings is 1. The van der Waals surface area contributed by atoms with Gasteiger partial charge in [-0.15, -0.1) is 0 Å². The van der Waals surface area contributed by atoms with Crippen LogP contribution in [0.15, 0.2) is 30.3 Å². The molecule has 1 aromatic rings. The van der Waals surface area contributed by atoms with Gasteiger partial charge in [-0.25, -0.2) is 0 Å². The average Bonchev–Trinajstić information content (AvgIpc) is 3.00. The van der Waals surface area contributed by atoms with Crippen LogP contribution in [0, 0.1) is 0 Å². The number of benzene rings is 1. The lowest BCUT2D eigenvalue weighted by atomic mass is 10.1. The predicted octanol–water partition coefficient (Wildman–Crippen LogP) is 2.14. The molecular formula is C19H28N2O2. The monoisotopic (exact) mass is 316 g/mol. The maximum Gasteiger partial charge on any atom is 0.0870 e. The van der Waals surface area contributed by atoms with Gasteiger partial charge in [-0.2, -0.15) is 0 Å². The Bertz CT molecular complexity index is 489. The van der Waals surface area contributed by atoms with Gasteiger partial charge in [0, 0.05) is 39.3 Å². The number of nitrogens with zero attached hydrogens (tertiary/aromatic N) is 2. The summed E-state index contributed by atoms with van der Waals surface area (Å²) in [6.07, 6.45) is 4.58. The van der Waals surface area contributed by atoms with E-state index in [-0.39, 0.29) is 0 Å². The number of rotatable bonds is 4. The van der Waals surface area contributed by atoms with E-state index >= 15 is 0 Å². The first-order valence-corrected chi connectivity index (χ1v) is 9.12. The van der Waals surface area contributed by atoms with E-state index in [1.54, 1.807) is 0 Å². The largest absolute Gasteiger partial charge is 0.377 e. The van der Waals surface area contributed by atoms with Crippen LogP contribution in [-0.4, -0.2) is 67.4 Å². The Morgan fingerprint density at radius 1 is 1.00 bits per heavy atom. The van der Waals surface area contributed by atoms with Crippen molar-refractivity contribution < 1.29 is 9.47 Å². The highest BCUT2D eigenvalue weighted by molar-refractivity contribution is 5.15. The lowest BCUT2D eigenvalue weighted by Gasteiger charge is -2.37. The number of ether oxygens (including phenoxy) is 2. The van der Waals surface area contributed by atoms with E-state index < -0.39 is 0 Å². The second-order valence-electron chi connectivity index (χ2n) is 7.14. The van der Waals surface area contributed by atoms with E-state index in [1.165, 1.54) is 24.8 Å². The molecule has 0 saturated carbocycles. The third kappa shape index (κ3) is 3.77. The first-order chi connectivity index (χ1) is 11.4. The van der Waals surface area contributed by atoms with E-state index in [2.05, 4.69) is 40.1 Å². The van der Waals surface area contributed by atoms with Crippen molar-refractivity contribution in [2.75, 3.05) is 39.4 Å². The molecule has 0 spiro atoms. The maximum atomic E-state index is 6.07. The van der Waals surface area contributed by atoms with Crippen LogP contribution in [0.5, 0.6) is 0 Å². The van der Waals surface area contributed by atoms with Crippen molar-refractivity contribution >= 4 is 0 Å². The van der Waals surface area contributed by atoms with Gasteiger partial charge in [-0.05, 0) is 24.8 Å². The summed E-state index contributed by atoms with van der Waals surface area (Å²) in [6.45, 7) is 7.16. The zero-order valence-electron chi connectivity index (χ0n) is 13.9. The SMILES string of the molecule is c1ccc(CN2CCO[C@@H]3CN(C[C@@H]4CCCCO4)C[C@@H]32)cc1. The Hall–Kier alpha value is -0.940. The van der Waals surface area contributed by atoms with Crippen molar-refractivity contribution in [1.82, 2.24) is 9.80 Å². The molecule has 126 valence electrons. The summed E-state index contributed by atoms with van der Waals surface area (Å²) in [6, 6.07) is 11.4. The minimum absolute atomic E-state index is 0.371. The summed E-state index contributed by atoms with van der Waals surface area (Å²) in [5.74, 6) is 0. The zero-order valence-corrected chi connectivity index (χ0v) is 13.9. The van der Waals surface area contributed by atoms with Crippen molar-refractivity contribution in [2.45, 2.75) is 44.1 Å². The summed E-state index contributed by atoms with van der Waals surface area (Å²) in [4.78, 5) is 5.18. The Balaban J connectivity index is 1.36. The summed E-state index contributed by atoms with van der Waals surface area (Å²) in [5.41, 5.74) is 1.40. The van der Waals surface area contributed by atoms with Crippen LogP contribution in [0.2, 0.25) is 0 Å². The van der Waals surface area contributed by atoms with E-state index in [4.69, 9.17) is 9.47 Å². The molecule has 3 aliphatic rings. The van der Waals surface area contributed by atoms with Gasteiger partial charge in [0.2, 0.25) is 0 Å². The lowest BCUT2D eigenvalue weighted by Crippen LogP contribution is -2.50. The van der Waals surface area contributed by atoms with Crippen LogP contribution in [0.3, 0.4) is 0 Å². The van der Waals surface area contributed by atoms with Crippen LogP contribution < -0.4 is 0 Å². The third-order valence-corrected chi connectivity index (χ3v) is 5.46. The fraction of sp³-hybridized carbons (Fsp3) is 0.684. The molecule has 4 heteroatoms. The summed E-state index contributed by atoms with van der Waals surface area (Å²) < 4.78 is 12.0. The van der Waals surface area contributed by atoms with Gasteiger partial charge < -0.3 is 9.47 Å². The van der Waals surface area contributed by atoms with Crippen LogP contribution >= 0.6 is 0 Å². The molecule has 23 heavy (non-hydrogen) atoms. The molecule has 4 rings (SSSR count). The Labute approximate surface area is 139 Å². The molecule has 0 N–H and O–H groups in total. The van der Waals surface area contributed by atoms with Crippen molar-refractivity contribution in [3.05, 3.63) is 35.9 Å². The zero-order chi connectivity index (χ0) is 15.5. The van der Waals surface area contributed by atoms with Crippen molar-refractivity contribution in [3.63, 3.8) is 0 Å². The molecular weight excluding hydrogens is 288 g/mol. The van der Waals surface area contributed by atoms with Crippen LogP contribution in [-0.2, 0) is 16.0 Å². The van der Waals surface area contributed by atoms with Gasteiger partial charge >= 0.3 is 0 Å². The van der Waals surface area contributed by atoms with Crippen molar-refractivity contribution in [1.29, 1.82) is 0 Å². The maximum absolute atomic E-state index is 6.07. The molecule has 0 aromatic heterocycles. The Morgan fingerprint density at radius 3 is 2.74 bits per heavy atom. The highest BCUT2D eigenvalue weighted by Crippen LogP contribution is 2.26. The van der Waals surface area contributed by atoms with E-state index in [0.717, 1.165) is 45.9 Å². The summed E-state index contributed by atoms with van der Waals surface area (Å²) >= 11 is 0.